The Morgan fingerprint density at radius 2 is 2.00 bits per heavy atom. The highest BCUT2D eigenvalue weighted by molar-refractivity contribution is 5.78. The Hall–Kier alpha value is -1.35. The van der Waals surface area contributed by atoms with Crippen molar-refractivity contribution in [3.63, 3.8) is 0 Å². The Bertz CT molecular complexity index is 492. The molecule has 3 rings (SSSR count). The van der Waals surface area contributed by atoms with E-state index in [1.807, 2.05) is 0 Å². The van der Waals surface area contributed by atoms with Crippen molar-refractivity contribution in [3.05, 3.63) is 35.4 Å². The SMILES string of the molecule is CC1CCC(C(=O)NCC2NCCc3ccccc32)CC1. The van der Waals surface area contributed by atoms with Gasteiger partial charge in [-0.2, -0.15) is 0 Å². The molecule has 1 unspecified atom stereocenters. The van der Waals surface area contributed by atoms with Gasteiger partial charge in [0.25, 0.3) is 0 Å². The molecule has 0 bridgehead atoms. The molecule has 1 aliphatic carbocycles. The fourth-order valence-corrected chi connectivity index (χ4v) is 3.64. The van der Waals surface area contributed by atoms with Crippen LogP contribution in [0.25, 0.3) is 0 Å². The molecular formula is C18H26N2O. The molecule has 0 radical (unpaired) electrons. The van der Waals surface area contributed by atoms with Crippen molar-refractivity contribution in [2.75, 3.05) is 13.1 Å². The first-order valence-corrected chi connectivity index (χ1v) is 8.33. The Morgan fingerprint density at radius 3 is 2.81 bits per heavy atom. The van der Waals surface area contributed by atoms with Crippen LogP contribution in [0.15, 0.2) is 24.3 Å². The van der Waals surface area contributed by atoms with Crippen LogP contribution in [-0.4, -0.2) is 19.0 Å². The summed E-state index contributed by atoms with van der Waals surface area (Å²) in [5.41, 5.74) is 2.77. The van der Waals surface area contributed by atoms with Gasteiger partial charge in [-0.25, -0.2) is 0 Å². The number of carbonyl (C=O) groups excluding carboxylic acids is 1. The Balaban J connectivity index is 1.55. The van der Waals surface area contributed by atoms with Crippen LogP contribution >= 0.6 is 0 Å². The standard InChI is InChI=1S/C18H26N2O/c1-13-6-8-15(9-7-13)18(21)20-12-17-16-5-3-2-4-14(16)10-11-19-17/h2-5,13,15,17,19H,6-12H2,1H3,(H,20,21). The minimum absolute atomic E-state index is 0.236. The number of hydrogen-bond donors (Lipinski definition) is 2. The van der Waals surface area contributed by atoms with Gasteiger partial charge in [0, 0.05) is 18.5 Å². The zero-order valence-electron chi connectivity index (χ0n) is 12.9. The van der Waals surface area contributed by atoms with Crippen LogP contribution in [0.5, 0.6) is 0 Å². The van der Waals surface area contributed by atoms with Gasteiger partial charge in [0.05, 0.1) is 0 Å². The molecule has 3 heteroatoms. The van der Waals surface area contributed by atoms with E-state index in [2.05, 4.69) is 41.8 Å². The lowest BCUT2D eigenvalue weighted by atomic mass is 9.82. The summed E-state index contributed by atoms with van der Waals surface area (Å²) in [4.78, 5) is 12.3. The lowest BCUT2D eigenvalue weighted by Gasteiger charge is -2.29. The van der Waals surface area contributed by atoms with E-state index in [1.54, 1.807) is 0 Å². The molecule has 1 aliphatic heterocycles. The molecule has 3 nitrogen and oxygen atoms in total. The van der Waals surface area contributed by atoms with Crippen molar-refractivity contribution >= 4 is 5.91 Å². The van der Waals surface area contributed by atoms with Gasteiger partial charge in [0.1, 0.15) is 0 Å². The van der Waals surface area contributed by atoms with Crippen molar-refractivity contribution < 1.29 is 4.79 Å². The topological polar surface area (TPSA) is 41.1 Å². The van der Waals surface area contributed by atoms with Crippen molar-refractivity contribution in [3.8, 4) is 0 Å². The summed E-state index contributed by atoms with van der Waals surface area (Å²) < 4.78 is 0. The van der Waals surface area contributed by atoms with Crippen molar-refractivity contribution in [2.45, 2.75) is 45.1 Å². The quantitative estimate of drug-likeness (QED) is 0.897. The van der Waals surface area contributed by atoms with E-state index in [-0.39, 0.29) is 17.9 Å². The molecule has 0 spiro atoms. The first-order chi connectivity index (χ1) is 10.2. The summed E-state index contributed by atoms with van der Waals surface area (Å²) >= 11 is 0. The average molecular weight is 286 g/mol. The zero-order chi connectivity index (χ0) is 14.7. The highest BCUT2D eigenvalue weighted by Crippen LogP contribution is 2.28. The van der Waals surface area contributed by atoms with Crippen LogP contribution in [0.2, 0.25) is 0 Å². The van der Waals surface area contributed by atoms with Gasteiger partial charge >= 0.3 is 0 Å². The summed E-state index contributed by atoms with van der Waals surface area (Å²) in [6, 6.07) is 8.83. The average Bonchev–Trinajstić information content (AvgIpc) is 2.53. The van der Waals surface area contributed by atoms with Gasteiger partial charge in [-0.3, -0.25) is 4.79 Å². The summed E-state index contributed by atoms with van der Waals surface area (Å²) in [6.07, 6.45) is 5.59. The summed E-state index contributed by atoms with van der Waals surface area (Å²) in [6.45, 7) is 4.00. The van der Waals surface area contributed by atoms with Gasteiger partial charge < -0.3 is 10.6 Å². The summed E-state index contributed by atoms with van der Waals surface area (Å²) in [5, 5.41) is 6.70. The lowest BCUT2D eigenvalue weighted by Crippen LogP contribution is -2.41. The first-order valence-electron chi connectivity index (χ1n) is 8.33. The van der Waals surface area contributed by atoms with Gasteiger partial charge in [0.15, 0.2) is 0 Å². The van der Waals surface area contributed by atoms with Crippen LogP contribution in [0.1, 0.15) is 49.8 Å². The fourth-order valence-electron chi connectivity index (χ4n) is 3.64. The third-order valence-corrected chi connectivity index (χ3v) is 5.08. The number of benzene rings is 1. The van der Waals surface area contributed by atoms with E-state index in [0.717, 1.165) is 31.7 Å². The van der Waals surface area contributed by atoms with Crippen molar-refractivity contribution in [2.24, 2.45) is 11.8 Å². The van der Waals surface area contributed by atoms with Crippen molar-refractivity contribution in [1.82, 2.24) is 10.6 Å². The molecule has 1 fully saturated rings. The fraction of sp³-hybridized carbons (Fsp3) is 0.611. The first kappa shape index (κ1) is 14.6. The van der Waals surface area contributed by atoms with Crippen LogP contribution in [0, 0.1) is 11.8 Å². The highest BCUT2D eigenvalue weighted by Gasteiger charge is 2.25. The van der Waals surface area contributed by atoms with Crippen LogP contribution in [-0.2, 0) is 11.2 Å². The van der Waals surface area contributed by atoms with Gasteiger partial charge in [-0.1, -0.05) is 31.2 Å². The zero-order valence-corrected chi connectivity index (χ0v) is 12.9. The molecule has 0 saturated heterocycles. The highest BCUT2D eigenvalue weighted by atomic mass is 16.1. The molecule has 2 N–H and O–H groups in total. The second-order valence-corrected chi connectivity index (χ2v) is 6.66. The largest absolute Gasteiger partial charge is 0.354 e. The number of rotatable bonds is 3. The Labute approximate surface area is 127 Å². The predicted molar refractivity (Wildman–Crippen MR) is 85.0 cm³/mol. The molecule has 2 aliphatic rings. The Kier molecular flexibility index (Phi) is 4.59. The van der Waals surface area contributed by atoms with Gasteiger partial charge in [-0.15, -0.1) is 0 Å². The summed E-state index contributed by atoms with van der Waals surface area (Å²) in [7, 11) is 0. The number of hydrogen-bond acceptors (Lipinski definition) is 2. The molecule has 21 heavy (non-hydrogen) atoms. The van der Waals surface area contributed by atoms with E-state index >= 15 is 0 Å². The molecule has 1 aromatic rings. The molecule has 1 aromatic carbocycles. The third kappa shape index (κ3) is 3.46. The molecular weight excluding hydrogens is 260 g/mol. The number of carbonyl (C=O) groups is 1. The van der Waals surface area contributed by atoms with Crippen LogP contribution in [0.3, 0.4) is 0 Å². The third-order valence-electron chi connectivity index (χ3n) is 5.08. The number of amides is 1. The predicted octanol–water partition coefficient (Wildman–Crippen LogP) is 2.82. The maximum atomic E-state index is 12.3. The van der Waals surface area contributed by atoms with Crippen LogP contribution in [0.4, 0.5) is 0 Å². The summed E-state index contributed by atoms with van der Waals surface area (Å²) in [5.74, 6) is 1.28. The maximum absolute atomic E-state index is 12.3. The van der Waals surface area contributed by atoms with E-state index in [4.69, 9.17) is 0 Å². The normalized spacial score (nSPS) is 28.7. The van der Waals surface area contributed by atoms with E-state index < -0.39 is 0 Å². The molecule has 0 aromatic heterocycles. The monoisotopic (exact) mass is 286 g/mol. The lowest BCUT2D eigenvalue weighted by molar-refractivity contribution is -0.126. The minimum Gasteiger partial charge on any atom is -0.354 e. The van der Waals surface area contributed by atoms with Gasteiger partial charge in [0.2, 0.25) is 5.91 Å². The van der Waals surface area contributed by atoms with E-state index in [9.17, 15) is 4.79 Å². The smallest absolute Gasteiger partial charge is 0.223 e. The van der Waals surface area contributed by atoms with Crippen LogP contribution < -0.4 is 10.6 Å². The molecule has 114 valence electrons. The molecule has 1 atom stereocenters. The second-order valence-electron chi connectivity index (χ2n) is 6.66. The molecule has 1 amide bonds. The molecule has 1 saturated carbocycles. The maximum Gasteiger partial charge on any atom is 0.223 e. The molecule has 1 heterocycles. The van der Waals surface area contributed by atoms with E-state index in [0.29, 0.717) is 6.54 Å². The van der Waals surface area contributed by atoms with E-state index in [1.165, 1.54) is 24.0 Å². The van der Waals surface area contributed by atoms with Crippen molar-refractivity contribution in [1.29, 1.82) is 0 Å². The minimum atomic E-state index is 0.236. The number of fused-ring (bicyclic) bond motifs is 1. The Morgan fingerprint density at radius 1 is 1.24 bits per heavy atom. The second kappa shape index (κ2) is 6.61. The van der Waals surface area contributed by atoms with Gasteiger partial charge in [-0.05, 0) is 55.7 Å². The number of nitrogens with one attached hydrogen (secondary N) is 2.